The van der Waals surface area contributed by atoms with Gasteiger partial charge in [-0.05, 0) is 31.7 Å². The van der Waals surface area contributed by atoms with Gasteiger partial charge in [-0.25, -0.2) is 0 Å². The fraction of sp³-hybridized carbons (Fsp3) is 1.00. The fourth-order valence-electron chi connectivity index (χ4n) is 3.54. The summed E-state index contributed by atoms with van der Waals surface area (Å²) in [6.45, 7) is 5.17. The number of hydrogen-bond acceptors (Lipinski definition) is 4. The zero-order chi connectivity index (χ0) is 15.1. The molecule has 0 aromatic carbocycles. The standard InChI is InChI=1S/C15H32O4Si/c1-6-8-12-19-14-10-9-13-20(17-4,18-5)15(14,16-3)11-7-2/h14H,6-13H2,1-5H3. The molecule has 1 heterocycles. The first-order chi connectivity index (χ1) is 9.66. The van der Waals surface area contributed by atoms with Crippen molar-refractivity contribution >= 4 is 8.56 Å². The molecule has 1 aliphatic rings. The van der Waals surface area contributed by atoms with Crippen LogP contribution in [0.3, 0.4) is 0 Å². The van der Waals surface area contributed by atoms with Crippen molar-refractivity contribution in [2.45, 2.75) is 69.7 Å². The smallest absolute Gasteiger partial charge is 0.373 e. The predicted octanol–water partition coefficient (Wildman–Crippen LogP) is 3.43. The van der Waals surface area contributed by atoms with Gasteiger partial charge in [0.1, 0.15) is 5.22 Å². The van der Waals surface area contributed by atoms with Crippen LogP contribution in [0.2, 0.25) is 6.04 Å². The summed E-state index contributed by atoms with van der Waals surface area (Å²) in [7, 11) is 2.93. The van der Waals surface area contributed by atoms with E-state index in [0.29, 0.717) is 0 Å². The molecule has 0 bridgehead atoms. The molecule has 0 aromatic heterocycles. The second-order valence-corrected chi connectivity index (χ2v) is 9.28. The van der Waals surface area contributed by atoms with Crippen molar-refractivity contribution in [1.29, 1.82) is 0 Å². The van der Waals surface area contributed by atoms with E-state index in [1.165, 1.54) is 0 Å². The van der Waals surface area contributed by atoms with E-state index in [-0.39, 0.29) is 11.3 Å². The number of ether oxygens (including phenoxy) is 2. The van der Waals surface area contributed by atoms with Gasteiger partial charge in [-0.1, -0.05) is 26.7 Å². The number of hydrogen-bond donors (Lipinski definition) is 0. The van der Waals surface area contributed by atoms with Crippen molar-refractivity contribution in [3.8, 4) is 0 Å². The largest absolute Gasteiger partial charge is 0.396 e. The second kappa shape index (κ2) is 8.49. The molecule has 1 aliphatic heterocycles. The minimum absolute atomic E-state index is 0.0966. The molecule has 5 heteroatoms. The van der Waals surface area contributed by atoms with E-state index in [2.05, 4.69) is 13.8 Å². The van der Waals surface area contributed by atoms with Gasteiger partial charge in [0.15, 0.2) is 0 Å². The van der Waals surface area contributed by atoms with E-state index in [1.54, 1.807) is 21.3 Å². The van der Waals surface area contributed by atoms with Crippen LogP contribution in [0.4, 0.5) is 0 Å². The Labute approximate surface area is 125 Å². The summed E-state index contributed by atoms with van der Waals surface area (Å²) < 4.78 is 24.1. The average molecular weight is 305 g/mol. The van der Waals surface area contributed by atoms with E-state index >= 15 is 0 Å². The van der Waals surface area contributed by atoms with Crippen LogP contribution in [0.15, 0.2) is 0 Å². The summed E-state index contributed by atoms with van der Waals surface area (Å²) in [5.41, 5.74) is 0. The Morgan fingerprint density at radius 2 is 1.80 bits per heavy atom. The molecule has 0 aliphatic carbocycles. The fourth-order valence-corrected chi connectivity index (χ4v) is 7.56. The molecule has 1 fully saturated rings. The van der Waals surface area contributed by atoms with Crippen LogP contribution < -0.4 is 0 Å². The topological polar surface area (TPSA) is 36.9 Å². The first-order valence-corrected chi connectivity index (χ1v) is 9.95. The monoisotopic (exact) mass is 304 g/mol. The maximum atomic E-state index is 6.19. The third-order valence-electron chi connectivity index (χ3n) is 4.60. The zero-order valence-corrected chi connectivity index (χ0v) is 14.9. The normalized spacial score (nSPS) is 29.6. The van der Waals surface area contributed by atoms with Gasteiger partial charge in [0.05, 0.1) is 6.10 Å². The summed E-state index contributed by atoms with van der Waals surface area (Å²) in [4.78, 5) is 0. The molecule has 4 nitrogen and oxygen atoms in total. The summed E-state index contributed by atoms with van der Waals surface area (Å²) in [5, 5.41) is -0.378. The first kappa shape index (κ1) is 18.1. The number of methoxy groups -OCH3 is 1. The second-order valence-electron chi connectivity index (χ2n) is 5.61. The Bertz CT molecular complexity index is 271. The average Bonchev–Trinajstić information content (AvgIpc) is 2.49. The van der Waals surface area contributed by atoms with Gasteiger partial charge in [0.2, 0.25) is 0 Å². The Kier molecular flexibility index (Phi) is 7.68. The van der Waals surface area contributed by atoms with Crippen molar-refractivity contribution in [2.75, 3.05) is 27.9 Å². The van der Waals surface area contributed by atoms with Crippen molar-refractivity contribution in [3.05, 3.63) is 0 Å². The molecule has 0 spiro atoms. The lowest BCUT2D eigenvalue weighted by Gasteiger charge is -2.51. The van der Waals surface area contributed by atoms with E-state index in [4.69, 9.17) is 18.3 Å². The predicted molar refractivity (Wildman–Crippen MR) is 83.1 cm³/mol. The van der Waals surface area contributed by atoms with Crippen LogP contribution in [0, 0.1) is 0 Å². The molecule has 0 aromatic rings. The van der Waals surface area contributed by atoms with E-state index < -0.39 is 8.56 Å². The highest BCUT2D eigenvalue weighted by Crippen LogP contribution is 2.44. The molecule has 20 heavy (non-hydrogen) atoms. The molecule has 1 saturated heterocycles. The molecular weight excluding hydrogens is 272 g/mol. The van der Waals surface area contributed by atoms with E-state index in [1.807, 2.05) is 0 Å². The lowest BCUT2D eigenvalue weighted by atomic mass is 10.0. The maximum absolute atomic E-state index is 6.19. The van der Waals surface area contributed by atoms with Crippen LogP contribution >= 0.6 is 0 Å². The molecule has 0 saturated carbocycles. The van der Waals surface area contributed by atoms with Crippen LogP contribution in [-0.2, 0) is 18.3 Å². The summed E-state index contributed by atoms with van der Waals surface area (Å²) in [6, 6.07) is 0.988. The SMILES string of the molecule is CCCCOC1CCC[Si](OC)(OC)C1(CCC)OC. The molecule has 0 radical (unpaired) electrons. The lowest BCUT2D eigenvalue weighted by molar-refractivity contribution is -0.123. The summed E-state index contributed by atoms with van der Waals surface area (Å²) in [5.74, 6) is 0. The van der Waals surface area contributed by atoms with Crippen molar-refractivity contribution < 1.29 is 18.3 Å². The van der Waals surface area contributed by atoms with Crippen LogP contribution in [-0.4, -0.2) is 47.8 Å². The van der Waals surface area contributed by atoms with Gasteiger partial charge in [-0.2, -0.15) is 0 Å². The van der Waals surface area contributed by atoms with E-state index in [9.17, 15) is 0 Å². The molecule has 0 amide bonds. The van der Waals surface area contributed by atoms with Crippen LogP contribution in [0.5, 0.6) is 0 Å². The van der Waals surface area contributed by atoms with Crippen molar-refractivity contribution in [3.63, 3.8) is 0 Å². The van der Waals surface area contributed by atoms with Crippen molar-refractivity contribution in [1.82, 2.24) is 0 Å². The lowest BCUT2D eigenvalue weighted by Crippen LogP contribution is -2.71. The van der Waals surface area contributed by atoms with Crippen LogP contribution in [0.1, 0.15) is 52.4 Å². The highest BCUT2D eigenvalue weighted by Gasteiger charge is 2.63. The Hall–Kier alpha value is 0.0569. The molecule has 0 N–H and O–H groups in total. The van der Waals surface area contributed by atoms with Gasteiger partial charge in [-0.3, -0.25) is 0 Å². The molecule has 1 rings (SSSR count). The quantitative estimate of drug-likeness (QED) is 0.483. The maximum Gasteiger partial charge on any atom is 0.373 e. The minimum Gasteiger partial charge on any atom is -0.396 e. The third kappa shape index (κ3) is 3.27. The van der Waals surface area contributed by atoms with E-state index in [0.717, 1.165) is 51.2 Å². The Morgan fingerprint density at radius 1 is 1.10 bits per heavy atom. The van der Waals surface area contributed by atoms with Gasteiger partial charge in [0, 0.05) is 27.9 Å². The summed E-state index contributed by atoms with van der Waals surface area (Å²) in [6.07, 6.45) is 6.46. The van der Waals surface area contributed by atoms with Crippen LogP contribution in [0.25, 0.3) is 0 Å². The van der Waals surface area contributed by atoms with Gasteiger partial charge < -0.3 is 18.3 Å². The van der Waals surface area contributed by atoms with Crippen molar-refractivity contribution in [2.24, 2.45) is 0 Å². The van der Waals surface area contributed by atoms with Gasteiger partial charge in [-0.15, -0.1) is 0 Å². The number of unbranched alkanes of at least 4 members (excludes halogenated alkanes) is 1. The molecule has 120 valence electrons. The molecule has 2 atom stereocenters. The van der Waals surface area contributed by atoms with Gasteiger partial charge in [0.25, 0.3) is 0 Å². The highest BCUT2D eigenvalue weighted by molar-refractivity contribution is 6.71. The molecular formula is C15H32O4Si. The molecule has 2 unspecified atom stereocenters. The third-order valence-corrected chi connectivity index (χ3v) is 9.00. The first-order valence-electron chi connectivity index (χ1n) is 7.93. The zero-order valence-electron chi connectivity index (χ0n) is 13.9. The van der Waals surface area contributed by atoms with Gasteiger partial charge >= 0.3 is 8.56 Å². The highest BCUT2D eigenvalue weighted by atomic mass is 28.4. The Morgan fingerprint density at radius 3 is 2.30 bits per heavy atom. The Balaban J connectivity index is 3.00. The minimum atomic E-state index is -2.40. The summed E-state index contributed by atoms with van der Waals surface area (Å²) >= 11 is 0. The number of rotatable bonds is 9.